The highest BCUT2D eigenvalue weighted by Crippen LogP contribution is 2.32. The molecule has 0 saturated heterocycles. The summed E-state index contributed by atoms with van der Waals surface area (Å²) in [6, 6.07) is 6.77. The van der Waals surface area contributed by atoms with Crippen LogP contribution in [0.5, 0.6) is 0 Å². The second-order valence-corrected chi connectivity index (χ2v) is 7.48. The lowest BCUT2D eigenvalue weighted by Crippen LogP contribution is -2.49. The Morgan fingerprint density at radius 2 is 1.73 bits per heavy atom. The van der Waals surface area contributed by atoms with Crippen LogP contribution in [0.15, 0.2) is 36.7 Å². The highest BCUT2D eigenvalue weighted by Gasteiger charge is 2.27. The molecule has 138 valence electrons. The molecule has 8 heteroatoms. The molecule has 1 aromatic heterocycles. The Hall–Kier alpha value is -1.69. The number of hydrogen-bond acceptors (Lipinski definition) is 3. The lowest BCUT2D eigenvalue weighted by atomic mass is 9.90. The molecule has 1 fully saturated rings. The average molecular weight is 414 g/mol. The number of aromatic nitrogens is 1. The van der Waals surface area contributed by atoms with Crippen molar-refractivity contribution in [1.29, 1.82) is 0 Å². The molecule has 1 aliphatic carbocycles. The summed E-state index contributed by atoms with van der Waals surface area (Å²) in [5, 5.41) is 10.7. The van der Waals surface area contributed by atoms with Crippen LogP contribution in [-0.4, -0.2) is 23.1 Å². The first kappa shape index (κ1) is 19.1. The quantitative estimate of drug-likeness (QED) is 0.612. The minimum Gasteiger partial charge on any atom is -0.378 e. The molecular formula is C18H19Cl3N4O. The van der Waals surface area contributed by atoms with Crippen LogP contribution >= 0.6 is 34.8 Å². The van der Waals surface area contributed by atoms with Gasteiger partial charge >= 0.3 is 6.03 Å². The fraction of sp³-hybridized carbons (Fsp3) is 0.333. The smallest absolute Gasteiger partial charge is 0.319 e. The largest absolute Gasteiger partial charge is 0.378 e. The van der Waals surface area contributed by atoms with Crippen LogP contribution in [0.1, 0.15) is 25.7 Å². The molecule has 0 bridgehead atoms. The van der Waals surface area contributed by atoms with Gasteiger partial charge in [-0.25, -0.2) is 4.79 Å². The monoisotopic (exact) mass is 412 g/mol. The third-order valence-corrected chi connectivity index (χ3v) is 5.16. The molecule has 2 amide bonds. The van der Waals surface area contributed by atoms with E-state index in [2.05, 4.69) is 20.9 Å². The standard InChI is InChI=1S/C18H19Cl3N4O/c19-11-4-3-5-12(8-11)23-18(26)25-16-7-2-1-6-15(16)24-17-13(20)9-22-10-14(17)21/h3-5,8-10,15-16H,1-2,6-7H2,(H,22,24)(H2,23,25,26)/t15-,16-/m1/s1. The molecule has 3 rings (SSSR count). The molecule has 1 aliphatic rings. The van der Waals surface area contributed by atoms with Crippen molar-refractivity contribution < 1.29 is 4.79 Å². The van der Waals surface area contributed by atoms with Gasteiger partial charge in [-0.2, -0.15) is 0 Å². The maximum absolute atomic E-state index is 12.4. The van der Waals surface area contributed by atoms with E-state index in [0.29, 0.717) is 26.4 Å². The van der Waals surface area contributed by atoms with Crippen molar-refractivity contribution in [2.45, 2.75) is 37.8 Å². The lowest BCUT2D eigenvalue weighted by molar-refractivity contribution is 0.242. The van der Waals surface area contributed by atoms with E-state index in [1.165, 1.54) is 0 Å². The molecule has 0 spiro atoms. The molecule has 0 unspecified atom stereocenters. The molecule has 3 N–H and O–H groups in total. The van der Waals surface area contributed by atoms with E-state index in [-0.39, 0.29) is 18.1 Å². The normalized spacial score (nSPS) is 19.7. The number of benzene rings is 1. The van der Waals surface area contributed by atoms with Crippen LogP contribution < -0.4 is 16.0 Å². The fourth-order valence-electron chi connectivity index (χ4n) is 3.11. The predicted molar refractivity (Wildman–Crippen MR) is 108 cm³/mol. The molecule has 1 heterocycles. The van der Waals surface area contributed by atoms with Gasteiger partial charge in [-0.15, -0.1) is 0 Å². The first-order valence-corrected chi connectivity index (χ1v) is 9.55. The number of nitrogens with one attached hydrogen (secondary N) is 3. The molecule has 1 saturated carbocycles. The zero-order chi connectivity index (χ0) is 18.5. The second kappa shape index (κ2) is 8.80. The maximum Gasteiger partial charge on any atom is 0.319 e. The van der Waals surface area contributed by atoms with E-state index in [4.69, 9.17) is 34.8 Å². The van der Waals surface area contributed by atoms with Crippen LogP contribution in [0.25, 0.3) is 0 Å². The number of urea groups is 1. The third kappa shape index (κ3) is 4.93. The van der Waals surface area contributed by atoms with Crippen molar-refractivity contribution in [3.8, 4) is 0 Å². The van der Waals surface area contributed by atoms with Gasteiger partial charge in [0.2, 0.25) is 0 Å². The van der Waals surface area contributed by atoms with Gasteiger partial charge in [0.1, 0.15) is 0 Å². The lowest BCUT2D eigenvalue weighted by Gasteiger charge is -2.33. The number of hydrogen-bond donors (Lipinski definition) is 3. The number of halogens is 3. The highest BCUT2D eigenvalue weighted by molar-refractivity contribution is 6.38. The van der Waals surface area contributed by atoms with E-state index >= 15 is 0 Å². The topological polar surface area (TPSA) is 66.1 Å². The summed E-state index contributed by atoms with van der Waals surface area (Å²) in [6.07, 6.45) is 7.02. The Morgan fingerprint density at radius 1 is 1.04 bits per heavy atom. The number of carbonyl (C=O) groups excluding carboxylic acids is 1. The zero-order valence-corrected chi connectivity index (χ0v) is 16.2. The van der Waals surface area contributed by atoms with Gasteiger partial charge in [0, 0.05) is 29.1 Å². The number of nitrogens with zero attached hydrogens (tertiary/aromatic N) is 1. The SMILES string of the molecule is O=C(Nc1cccc(Cl)c1)N[C@@H]1CCCC[C@H]1Nc1c(Cl)cncc1Cl. The Morgan fingerprint density at radius 3 is 2.42 bits per heavy atom. The Labute approximate surface area is 167 Å². The van der Waals surface area contributed by atoms with E-state index in [1.807, 2.05) is 0 Å². The molecule has 26 heavy (non-hydrogen) atoms. The van der Waals surface area contributed by atoms with E-state index in [1.54, 1.807) is 36.7 Å². The minimum atomic E-state index is -0.266. The van der Waals surface area contributed by atoms with Gasteiger partial charge in [-0.3, -0.25) is 4.98 Å². The van der Waals surface area contributed by atoms with Crippen molar-refractivity contribution in [1.82, 2.24) is 10.3 Å². The summed E-state index contributed by atoms with van der Waals surface area (Å²) in [5.74, 6) is 0. The Kier molecular flexibility index (Phi) is 6.46. The van der Waals surface area contributed by atoms with Crippen molar-refractivity contribution in [3.05, 3.63) is 51.7 Å². The number of carbonyl (C=O) groups is 1. The number of pyridine rings is 1. The average Bonchev–Trinajstić information content (AvgIpc) is 2.59. The molecule has 2 aromatic rings. The van der Waals surface area contributed by atoms with Gasteiger partial charge < -0.3 is 16.0 Å². The first-order valence-electron chi connectivity index (χ1n) is 8.41. The summed E-state index contributed by atoms with van der Waals surface area (Å²) in [4.78, 5) is 16.3. The Balaban J connectivity index is 1.66. The van der Waals surface area contributed by atoms with E-state index < -0.39 is 0 Å². The predicted octanol–water partition coefficient (Wildman–Crippen LogP) is 5.59. The van der Waals surface area contributed by atoms with Gasteiger partial charge in [-0.1, -0.05) is 53.7 Å². The van der Waals surface area contributed by atoms with Crippen LogP contribution in [0.3, 0.4) is 0 Å². The number of rotatable bonds is 4. The molecule has 1 aromatic carbocycles. The van der Waals surface area contributed by atoms with Gasteiger partial charge in [0.25, 0.3) is 0 Å². The van der Waals surface area contributed by atoms with Crippen LogP contribution in [0.4, 0.5) is 16.2 Å². The third-order valence-electron chi connectivity index (χ3n) is 4.35. The van der Waals surface area contributed by atoms with Crippen molar-refractivity contribution in [2.75, 3.05) is 10.6 Å². The molecular weight excluding hydrogens is 395 g/mol. The van der Waals surface area contributed by atoms with Gasteiger partial charge in [0.05, 0.1) is 21.8 Å². The zero-order valence-electron chi connectivity index (χ0n) is 13.9. The highest BCUT2D eigenvalue weighted by atomic mass is 35.5. The van der Waals surface area contributed by atoms with Crippen LogP contribution in [0.2, 0.25) is 15.1 Å². The van der Waals surface area contributed by atoms with Crippen molar-refractivity contribution in [2.24, 2.45) is 0 Å². The van der Waals surface area contributed by atoms with Crippen molar-refractivity contribution in [3.63, 3.8) is 0 Å². The second-order valence-electron chi connectivity index (χ2n) is 6.23. The maximum atomic E-state index is 12.4. The molecule has 0 radical (unpaired) electrons. The van der Waals surface area contributed by atoms with Crippen LogP contribution in [0, 0.1) is 0 Å². The van der Waals surface area contributed by atoms with Gasteiger partial charge in [-0.05, 0) is 31.0 Å². The summed E-state index contributed by atoms with van der Waals surface area (Å²) in [7, 11) is 0. The number of amides is 2. The summed E-state index contributed by atoms with van der Waals surface area (Å²) in [6.45, 7) is 0. The van der Waals surface area contributed by atoms with Crippen LogP contribution in [-0.2, 0) is 0 Å². The van der Waals surface area contributed by atoms with E-state index in [9.17, 15) is 4.79 Å². The van der Waals surface area contributed by atoms with E-state index in [0.717, 1.165) is 25.7 Å². The molecule has 0 aliphatic heterocycles. The number of anilines is 2. The first-order chi connectivity index (χ1) is 12.5. The minimum absolute atomic E-state index is 0.0336. The molecule has 5 nitrogen and oxygen atoms in total. The summed E-state index contributed by atoms with van der Waals surface area (Å²) >= 11 is 18.4. The Bertz CT molecular complexity index is 767. The molecule has 2 atom stereocenters. The fourth-order valence-corrected chi connectivity index (χ4v) is 3.78. The summed E-state index contributed by atoms with van der Waals surface area (Å²) in [5.41, 5.74) is 1.30. The van der Waals surface area contributed by atoms with Gasteiger partial charge in [0.15, 0.2) is 0 Å². The van der Waals surface area contributed by atoms with Crippen molar-refractivity contribution >= 4 is 52.2 Å². The summed E-state index contributed by atoms with van der Waals surface area (Å²) < 4.78 is 0.